The molecule has 0 radical (unpaired) electrons. The molecule has 1 aromatic heterocycles. The van der Waals surface area contributed by atoms with Crippen LogP contribution < -0.4 is 5.43 Å². The van der Waals surface area contributed by atoms with E-state index >= 15 is 0 Å². The molecule has 0 atom stereocenters. The molecule has 2 N–H and O–H groups in total. The van der Waals surface area contributed by atoms with Crippen LogP contribution in [0.4, 0.5) is 0 Å². The van der Waals surface area contributed by atoms with Crippen molar-refractivity contribution in [1.29, 1.82) is 0 Å². The monoisotopic (exact) mass is 430 g/mol. The SMILES string of the molecule is Cc1ccc(-c2nc(C(=O)O)c(C(=O)NN3CCCCC3)nc2-c2ccc(C)cc2)cc1. The lowest BCUT2D eigenvalue weighted by Gasteiger charge is -2.26. The van der Waals surface area contributed by atoms with Gasteiger partial charge in [-0.25, -0.2) is 19.8 Å². The minimum absolute atomic E-state index is 0.186. The molecule has 164 valence electrons. The first-order chi connectivity index (χ1) is 15.4. The second-order valence-corrected chi connectivity index (χ2v) is 8.14. The number of carboxylic acids is 1. The van der Waals surface area contributed by atoms with Gasteiger partial charge in [-0.3, -0.25) is 10.2 Å². The van der Waals surface area contributed by atoms with E-state index in [4.69, 9.17) is 0 Å². The Morgan fingerprint density at radius 1 is 0.781 bits per heavy atom. The van der Waals surface area contributed by atoms with Crippen molar-refractivity contribution in [2.45, 2.75) is 33.1 Å². The van der Waals surface area contributed by atoms with E-state index in [1.54, 1.807) is 0 Å². The van der Waals surface area contributed by atoms with Gasteiger partial charge in [-0.2, -0.15) is 0 Å². The zero-order chi connectivity index (χ0) is 22.7. The van der Waals surface area contributed by atoms with Crippen molar-refractivity contribution in [2.24, 2.45) is 0 Å². The summed E-state index contributed by atoms with van der Waals surface area (Å²) >= 11 is 0. The quantitative estimate of drug-likeness (QED) is 0.628. The fourth-order valence-electron chi connectivity index (χ4n) is 3.77. The Bertz CT molecular complexity index is 1140. The summed E-state index contributed by atoms with van der Waals surface area (Å²) in [5.41, 5.74) is 6.85. The van der Waals surface area contributed by atoms with Crippen LogP contribution in [0.15, 0.2) is 48.5 Å². The van der Waals surface area contributed by atoms with Crippen molar-refractivity contribution >= 4 is 11.9 Å². The number of aromatic nitrogens is 2. The fraction of sp³-hybridized carbons (Fsp3) is 0.280. The van der Waals surface area contributed by atoms with Crippen LogP contribution in [0.3, 0.4) is 0 Å². The maximum atomic E-state index is 13.0. The first-order valence-corrected chi connectivity index (χ1v) is 10.8. The van der Waals surface area contributed by atoms with E-state index in [0.717, 1.165) is 54.6 Å². The highest BCUT2D eigenvalue weighted by atomic mass is 16.4. The average molecular weight is 431 g/mol. The van der Waals surface area contributed by atoms with Crippen LogP contribution in [0, 0.1) is 13.8 Å². The Morgan fingerprint density at radius 3 is 1.72 bits per heavy atom. The summed E-state index contributed by atoms with van der Waals surface area (Å²) in [6.45, 7) is 5.43. The summed E-state index contributed by atoms with van der Waals surface area (Å²) in [6, 6.07) is 15.4. The van der Waals surface area contributed by atoms with E-state index in [9.17, 15) is 14.7 Å². The molecule has 1 fully saturated rings. The van der Waals surface area contributed by atoms with Crippen molar-refractivity contribution in [3.8, 4) is 22.5 Å². The largest absolute Gasteiger partial charge is 0.476 e. The third-order valence-corrected chi connectivity index (χ3v) is 5.58. The Balaban J connectivity index is 1.85. The molecule has 0 unspecified atom stereocenters. The number of nitrogens with one attached hydrogen (secondary N) is 1. The number of aryl methyl sites for hydroxylation is 2. The van der Waals surface area contributed by atoms with Gasteiger partial charge in [0.2, 0.25) is 0 Å². The lowest BCUT2D eigenvalue weighted by molar-refractivity contribution is 0.0666. The fourth-order valence-corrected chi connectivity index (χ4v) is 3.77. The van der Waals surface area contributed by atoms with Gasteiger partial charge in [0.05, 0.1) is 11.4 Å². The minimum Gasteiger partial charge on any atom is -0.476 e. The van der Waals surface area contributed by atoms with E-state index in [-0.39, 0.29) is 11.4 Å². The van der Waals surface area contributed by atoms with Crippen molar-refractivity contribution in [3.63, 3.8) is 0 Å². The smallest absolute Gasteiger partial charge is 0.357 e. The third kappa shape index (κ3) is 4.68. The van der Waals surface area contributed by atoms with E-state index in [0.29, 0.717) is 11.4 Å². The lowest BCUT2D eigenvalue weighted by atomic mass is 10.0. The third-order valence-electron chi connectivity index (χ3n) is 5.58. The number of rotatable bonds is 5. The van der Waals surface area contributed by atoms with Crippen LogP contribution in [-0.2, 0) is 0 Å². The molecule has 32 heavy (non-hydrogen) atoms. The Morgan fingerprint density at radius 2 is 1.25 bits per heavy atom. The summed E-state index contributed by atoms with van der Waals surface area (Å²) < 4.78 is 0. The number of carboxylic acid groups (broad SMARTS) is 1. The second-order valence-electron chi connectivity index (χ2n) is 8.14. The number of hydrogen-bond donors (Lipinski definition) is 2. The number of carbonyl (C=O) groups is 2. The molecule has 0 spiro atoms. The lowest BCUT2D eigenvalue weighted by Crippen LogP contribution is -2.45. The summed E-state index contributed by atoms with van der Waals surface area (Å²) in [7, 11) is 0. The van der Waals surface area contributed by atoms with Crippen LogP contribution in [0.5, 0.6) is 0 Å². The number of amides is 1. The summed E-state index contributed by atoms with van der Waals surface area (Å²) in [5.74, 6) is -1.84. The van der Waals surface area contributed by atoms with E-state index in [2.05, 4.69) is 15.4 Å². The van der Waals surface area contributed by atoms with Crippen molar-refractivity contribution < 1.29 is 14.7 Å². The Kier molecular flexibility index (Phi) is 6.28. The molecule has 1 amide bonds. The zero-order valence-corrected chi connectivity index (χ0v) is 18.3. The predicted octanol–water partition coefficient (Wildman–Crippen LogP) is 4.26. The van der Waals surface area contributed by atoms with Crippen LogP contribution in [0.1, 0.15) is 51.4 Å². The standard InChI is InChI=1S/C25H26N4O3/c1-16-6-10-18(11-7-16)20-21(19-12-8-17(2)9-13-19)27-23(25(31)32)22(26-20)24(30)28-29-14-4-3-5-15-29/h6-13H,3-5,14-15H2,1-2H3,(H,28,30)(H,31,32). The second kappa shape index (κ2) is 9.28. The van der Waals surface area contributed by atoms with E-state index in [1.807, 2.05) is 67.4 Å². The van der Waals surface area contributed by atoms with Gasteiger partial charge < -0.3 is 5.11 Å². The first kappa shape index (κ1) is 21.6. The van der Waals surface area contributed by atoms with Gasteiger partial charge in [0, 0.05) is 24.2 Å². The molecular formula is C25H26N4O3. The number of carbonyl (C=O) groups excluding carboxylic acids is 1. The summed E-state index contributed by atoms with van der Waals surface area (Å²) in [5, 5.41) is 11.7. The molecular weight excluding hydrogens is 404 g/mol. The molecule has 2 heterocycles. The molecule has 7 nitrogen and oxygen atoms in total. The van der Waals surface area contributed by atoms with Gasteiger partial charge in [0.1, 0.15) is 0 Å². The summed E-state index contributed by atoms with van der Waals surface area (Å²) in [4.78, 5) is 34.1. The van der Waals surface area contributed by atoms with Gasteiger partial charge >= 0.3 is 5.97 Å². The number of nitrogens with zero attached hydrogens (tertiary/aromatic N) is 3. The number of piperidine rings is 1. The maximum absolute atomic E-state index is 13.0. The minimum atomic E-state index is -1.29. The molecule has 7 heteroatoms. The number of benzene rings is 2. The molecule has 0 bridgehead atoms. The summed E-state index contributed by atoms with van der Waals surface area (Å²) in [6.07, 6.45) is 3.09. The van der Waals surface area contributed by atoms with Crippen LogP contribution in [0.25, 0.3) is 22.5 Å². The van der Waals surface area contributed by atoms with Crippen LogP contribution in [-0.4, -0.2) is 45.0 Å². The Hall–Kier alpha value is -3.58. The Labute approximate surface area is 187 Å². The molecule has 4 rings (SSSR count). The predicted molar refractivity (Wildman–Crippen MR) is 122 cm³/mol. The maximum Gasteiger partial charge on any atom is 0.357 e. The van der Waals surface area contributed by atoms with Crippen molar-refractivity contribution in [2.75, 3.05) is 13.1 Å². The molecule has 0 aliphatic carbocycles. The van der Waals surface area contributed by atoms with Crippen LogP contribution in [0.2, 0.25) is 0 Å². The number of aromatic carboxylic acids is 1. The molecule has 1 aliphatic rings. The molecule has 0 saturated carbocycles. The molecule has 2 aromatic carbocycles. The van der Waals surface area contributed by atoms with E-state index in [1.165, 1.54) is 0 Å². The highest BCUT2D eigenvalue weighted by Crippen LogP contribution is 2.30. The average Bonchev–Trinajstić information content (AvgIpc) is 2.80. The van der Waals surface area contributed by atoms with Crippen molar-refractivity contribution in [1.82, 2.24) is 20.4 Å². The first-order valence-electron chi connectivity index (χ1n) is 10.8. The van der Waals surface area contributed by atoms with Gasteiger partial charge in [-0.1, -0.05) is 66.1 Å². The van der Waals surface area contributed by atoms with Gasteiger partial charge in [0.15, 0.2) is 11.4 Å². The van der Waals surface area contributed by atoms with Gasteiger partial charge in [0.25, 0.3) is 5.91 Å². The topological polar surface area (TPSA) is 95.4 Å². The number of hydrogen-bond acceptors (Lipinski definition) is 5. The molecule has 1 aliphatic heterocycles. The van der Waals surface area contributed by atoms with Gasteiger partial charge in [-0.15, -0.1) is 0 Å². The molecule has 3 aromatic rings. The molecule has 1 saturated heterocycles. The highest BCUT2D eigenvalue weighted by molar-refractivity contribution is 6.03. The zero-order valence-electron chi connectivity index (χ0n) is 18.3. The van der Waals surface area contributed by atoms with Crippen LogP contribution >= 0.6 is 0 Å². The van der Waals surface area contributed by atoms with Gasteiger partial charge in [-0.05, 0) is 26.7 Å². The normalized spacial score (nSPS) is 14.2. The number of hydrazine groups is 1. The van der Waals surface area contributed by atoms with E-state index < -0.39 is 11.9 Å². The highest BCUT2D eigenvalue weighted by Gasteiger charge is 2.26. The van der Waals surface area contributed by atoms with Crippen molar-refractivity contribution in [3.05, 3.63) is 71.0 Å².